The fraction of sp³-hybridized carbons (Fsp3) is 0.611. The van der Waals surface area contributed by atoms with Crippen LogP contribution < -0.4 is 10.2 Å². The molecule has 0 saturated carbocycles. The predicted molar refractivity (Wildman–Crippen MR) is 93.8 cm³/mol. The van der Waals surface area contributed by atoms with Crippen LogP contribution in [0.25, 0.3) is 0 Å². The molecule has 1 amide bonds. The van der Waals surface area contributed by atoms with E-state index in [1.807, 2.05) is 30.1 Å². The van der Waals surface area contributed by atoms with Crippen molar-refractivity contribution in [2.75, 3.05) is 57.8 Å². The Hall–Kier alpha value is -1.59. The number of rotatable bonds is 5. The van der Waals surface area contributed by atoms with Crippen molar-refractivity contribution in [3.05, 3.63) is 30.3 Å². The zero-order valence-electron chi connectivity index (χ0n) is 14.1. The van der Waals surface area contributed by atoms with E-state index in [9.17, 15) is 4.79 Å². The summed E-state index contributed by atoms with van der Waals surface area (Å²) in [6.45, 7) is 6.81. The van der Waals surface area contributed by atoms with Crippen molar-refractivity contribution in [3.63, 3.8) is 0 Å². The van der Waals surface area contributed by atoms with Crippen LogP contribution in [0.15, 0.2) is 30.3 Å². The van der Waals surface area contributed by atoms with E-state index in [-0.39, 0.29) is 5.91 Å². The van der Waals surface area contributed by atoms with Crippen molar-refractivity contribution in [3.8, 4) is 0 Å². The quantitative estimate of drug-likeness (QED) is 0.880. The number of para-hydroxylation sites is 1. The van der Waals surface area contributed by atoms with Gasteiger partial charge in [-0.05, 0) is 25.1 Å². The summed E-state index contributed by atoms with van der Waals surface area (Å²) < 4.78 is 0. The number of benzene rings is 1. The van der Waals surface area contributed by atoms with Crippen molar-refractivity contribution in [1.82, 2.24) is 15.1 Å². The number of carbonyl (C=O) groups is 1. The van der Waals surface area contributed by atoms with Gasteiger partial charge in [-0.3, -0.25) is 9.69 Å². The first kappa shape index (κ1) is 16.3. The third-order valence-corrected chi connectivity index (χ3v) is 5.08. The molecule has 1 unspecified atom stereocenters. The number of hydrogen-bond donors (Lipinski definition) is 1. The van der Waals surface area contributed by atoms with Crippen LogP contribution >= 0.6 is 0 Å². The molecule has 2 fully saturated rings. The Morgan fingerprint density at radius 1 is 1.22 bits per heavy atom. The minimum Gasteiger partial charge on any atom is -0.374 e. The van der Waals surface area contributed by atoms with E-state index in [1.165, 1.54) is 12.1 Å². The highest BCUT2D eigenvalue weighted by Crippen LogP contribution is 2.14. The lowest BCUT2D eigenvalue weighted by Gasteiger charge is -2.38. The molecule has 126 valence electrons. The molecule has 0 aromatic heterocycles. The number of hydrogen-bond acceptors (Lipinski definition) is 4. The van der Waals surface area contributed by atoms with Gasteiger partial charge < -0.3 is 15.1 Å². The van der Waals surface area contributed by atoms with Crippen molar-refractivity contribution in [2.24, 2.45) is 0 Å². The number of amides is 1. The predicted octanol–water partition coefficient (Wildman–Crippen LogP) is 1.02. The van der Waals surface area contributed by atoms with E-state index >= 15 is 0 Å². The highest BCUT2D eigenvalue weighted by molar-refractivity contribution is 5.77. The minimum atomic E-state index is 0.289. The number of nitrogens with zero attached hydrogens (tertiary/aromatic N) is 3. The second kappa shape index (κ2) is 7.79. The molecule has 0 radical (unpaired) electrons. The Balaban J connectivity index is 1.41. The molecule has 1 N–H and O–H groups in total. The van der Waals surface area contributed by atoms with E-state index in [0.29, 0.717) is 12.5 Å². The lowest BCUT2D eigenvalue weighted by molar-refractivity contribution is -0.133. The molecule has 1 aromatic carbocycles. The van der Waals surface area contributed by atoms with Gasteiger partial charge >= 0.3 is 0 Å². The summed E-state index contributed by atoms with van der Waals surface area (Å²) in [5, 5.41) is 3.42. The third-order valence-electron chi connectivity index (χ3n) is 5.08. The average molecular weight is 316 g/mol. The second-order valence-corrected chi connectivity index (χ2v) is 6.57. The molecule has 0 aliphatic carbocycles. The van der Waals surface area contributed by atoms with Gasteiger partial charge in [0.2, 0.25) is 5.91 Å². The van der Waals surface area contributed by atoms with Gasteiger partial charge in [0.05, 0.1) is 0 Å². The van der Waals surface area contributed by atoms with Gasteiger partial charge in [-0.15, -0.1) is 0 Å². The zero-order valence-corrected chi connectivity index (χ0v) is 14.1. The molecule has 0 spiro atoms. The summed E-state index contributed by atoms with van der Waals surface area (Å²) in [7, 11) is 2.05. The molecular formula is C18H28N4O. The van der Waals surface area contributed by atoms with Crippen molar-refractivity contribution in [1.29, 1.82) is 0 Å². The van der Waals surface area contributed by atoms with E-state index in [2.05, 4.69) is 27.2 Å². The Bertz CT molecular complexity index is 493. The third kappa shape index (κ3) is 4.24. The Labute approximate surface area is 139 Å². The van der Waals surface area contributed by atoms with Crippen molar-refractivity contribution >= 4 is 11.6 Å². The van der Waals surface area contributed by atoms with Crippen molar-refractivity contribution < 1.29 is 4.79 Å². The second-order valence-electron chi connectivity index (χ2n) is 6.57. The fourth-order valence-corrected chi connectivity index (χ4v) is 3.52. The van der Waals surface area contributed by atoms with Crippen LogP contribution in [0.5, 0.6) is 0 Å². The molecule has 1 atom stereocenters. The standard InChI is InChI=1S/C18H28N4O/c1-20(16-5-3-2-4-6-16)10-8-18(23)22-13-11-21(12-14-22)17-7-9-19-15-17/h2-6,17,19H,7-15H2,1H3. The van der Waals surface area contributed by atoms with Crippen LogP contribution in [0.4, 0.5) is 5.69 Å². The normalized spacial score (nSPS) is 22.3. The van der Waals surface area contributed by atoms with Gasteiger partial charge in [0.25, 0.3) is 0 Å². The molecule has 2 aliphatic heterocycles. The van der Waals surface area contributed by atoms with Crippen LogP contribution in [0, 0.1) is 0 Å². The lowest BCUT2D eigenvalue weighted by atomic mass is 10.2. The number of nitrogens with one attached hydrogen (secondary N) is 1. The summed E-state index contributed by atoms with van der Waals surface area (Å²) >= 11 is 0. The van der Waals surface area contributed by atoms with Gasteiger partial charge in [0.15, 0.2) is 0 Å². The van der Waals surface area contributed by atoms with Crippen LogP contribution in [0.1, 0.15) is 12.8 Å². The highest BCUT2D eigenvalue weighted by Gasteiger charge is 2.27. The van der Waals surface area contributed by atoms with E-state index < -0.39 is 0 Å². The molecular weight excluding hydrogens is 288 g/mol. The monoisotopic (exact) mass is 316 g/mol. The van der Waals surface area contributed by atoms with Crippen LogP contribution in [0.2, 0.25) is 0 Å². The SMILES string of the molecule is CN(CCC(=O)N1CCN(C2CCNC2)CC1)c1ccccc1. The van der Waals surface area contributed by atoms with Crippen LogP contribution in [-0.4, -0.2) is 74.6 Å². The van der Waals surface area contributed by atoms with Gasteiger partial charge in [0.1, 0.15) is 0 Å². The largest absolute Gasteiger partial charge is 0.374 e. The summed E-state index contributed by atoms with van der Waals surface area (Å²) in [5.41, 5.74) is 1.17. The van der Waals surface area contributed by atoms with Crippen LogP contribution in [0.3, 0.4) is 0 Å². The van der Waals surface area contributed by atoms with E-state index in [4.69, 9.17) is 0 Å². The smallest absolute Gasteiger partial charge is 0.224 e. The lowest BCUT2D eigenvalue weighted by Crippen LogP contribution is -2.52. The minimum absolute atomic E-state index is 0.289. The maximum atomic E-state index is 12.4. The molecule has 23 heavy (non-hydrogen) atoms. The van der Waals surface area contributed by atoms with Crippen LogP contribution in [-0.2, 0) is 4.79 Å². The van der Waals surface area contributed by atoms with Crippen molar-refractivity contribution in [2.45, 2.75) is 18.9 Å². The molecule has 5 heteroatoms. The molecule has 2 heterocycles. The fourth-order valence-electron chi connectivity index (χ4n) is 3.52. The van der Waals surface area contributed by atoms with Gasteiger partial charge in [-0.25, -0.2) is 0 Å². The maximum Gasteiger partial charge on any atom is 0.224 e. The molecule has 5 nitrogen and oxygen atoms in total. The van der Waals surface area contributed by atoms with Gasteiger partial charge in [0, 0.05) is 64.5 Å². The Kier molecular flexibility index (Phi) is 5.51. The summed E-state index contributed by atoms with van der Waals surface area (Å²) in [6, 6.07) is 10.9. The molecule has 2 saturated heterocycles. The van der Waals surface area contributed by atoms with E-state index in [0.717, 1.165) is 45.8 Å². The number of carbonyl (C=O) groups excluding carboxylic acids is 1. The van der Waals surface area contributed by atoms with E-state index in [1.54, 1.807) is 0 Å². The van der Waals surface area contributed by atoms with Gasteiger partial charge in [-0.2, -0.15) is 0 Å². The maximum absolute atomic E-state index is 12.4. The molecule has 1 aromatic rings. The summed E-state index contributed by atoms with van der Waals surface area (Å²) in [4.78, 5) is 19.2. The zero-order chi connectivity index (χ0) is 16.1. The molecule has 3 rings (SSSR count). The first-order valence-electron chi connectivity index (χ1n) is 8.73. The topological polar surface area (TPSA) is 38.8 Å². The highest BCUT2D eigenvalue weighted by atomic mass is 16.2. The first-order valence-corrected chi connectivity index (χ1v) is 8.73. The molecule has 2 aliphatic rings. The number of anilines is 1. The molecule has 0 bridgehead atoms. The summed E-state index contributed by atoms with van der Waals surface area (Å²) in [6.07, 6.45) is 1.84. The average Bonchev–Trinajstić information content (AvgIpc) is 3.15. The Morgan fingerprint density at radius 2 is 1.96 bits per heavy atom. The number of piperazine rings is 1. The summed E-state index contributed by atoms with van der Waals surface area (Å²) in [5.74, 6) is 0.289. The Morgan fingerprint density at radius 3 is 2.61 bits per heavy atom. The first-order chi connectivity index (χ1) is 11.2. The van der Waals surface area contributed by atoms with Gasteiger partial charge in [-0.1, -0.05) is 18.2 Å².